The van der Waals surface area contributed by atoms with Crippen molar-refractivity contribution in [1.82, 2.24) is 0 Å². The number of benzene rings is 3. The second kappa shape index (κ2) is 10.3. The van der Waals surface area contributed by atoms with E-state index in [0.29, 0.717) is 29.1 Å². The summed E-state index contributed by atoms with van der Waals surface area (Å²) in [6, 6.07) is 21.7. The molecule has 0 amide bonds. The van der Waals surface area contributed by atoms with Crippen LogP contribution in [0.1, 0.15) is 28.4 Å². The Morgan fingerprint density at radius 1 is 1.00 bits per heavy atom. The number of ketones is 1. The molecule has 172 valence electrons. The quantitative estimate of drug-likeness (QED) is 0.319. The Kier molecular flexibility index (Phi) is 6.99. The zero-order valence-corrected chi connectivity index (χ0v) is 19.2. The molecule has 3 aromatic rings. The summed E-state index contributed by atoms with van der Waals surface area (Å²) >= 11 is 0. The van der Waals surface area contributed by atoms with Crippen LogP contribution >= 0.6 is 0 Å². The lowest BCUT2D eigenvalue weighted by molar-refractivity contribution is -0.129. The third kappa shape index (κ3) is 4.82. The van der Waals surface area contributed by atoms with Crippen molar-refractivity contribution in [3.63, 3.8) is 0 Å². The van der Waals surface area contributed by atoms with Crippen molar-refractivity contribution in [1.29, 1.82) is 0 Å². The molecular weight excluding hydrogens is 428 g/mol. The number of carbonyl (C=O) groups excluding carboxylic acids is 2. The van der Waals surface area contributed by atoms with Crippen LogP contribution in [-0.4, -0.2) is 42.3 Å². The van der Waals surface area contributed by atoms with Crippen molar-refractivity contribution in [3.05, 3.63) is 101 Å². The van der Waals surface area contributed by atoms with Gasteiger partial charge >= 0.3 is 5.97 Å². The van der Waals surface area contributed by atoms with Gasteiger partial charge in [-0.1, -0.05) is 42.5 Å². The van der Waals surface area contributed by atoms with Crippen LogP contribution in [0.4, 0.5) is 11.4 Å². The van der Waals surface area contributed by atoms with E-state index in [2.05, 4.69) is 4.90 Å². The summed E-state index contributed by atoms with van der Waals surface area (Å²) in [4.78, 5) is 32.8. The number of allylic oxidation sites excluding steroid dienone is 1. The largest absolute Gasteiger partial charge is 0.423 e. The van der Waals surface area contributed by atoms with Crippen LogP contribution in [0.25, 0.3) is 0 Å². The highest BCUT2D eigenvalue weighted by atomic mass is 16.5. The number of aryl methyl sites for hydroxylation is 1. The minimum atomic E-state index is -0.715. The fourth-order valence-corrected chi connectivity index (χ4v) is 3.91. The third-order valence-electron chi connectivity index (χ3n) is 5.69. The number of fused-ring (bicyclic) bond motifs is 1. The number of rotatable bonds is 7. The highest BCUT2D eigenvalue weighted by Gasteiger charge is 2.30. The van der Waals surface area contributed by atoms with Crippen molar-refractivity contribution in [2.45, 2.75) is 13.8 Å². The van der Waals surface area contributed by atoms with Crippen molar-refractivity contribution < 1.29 is 19.4 Å². The number of hydrogen-bond donors (Lipinski definition) is 1. The maximum Gasteiger partial charge on any atom is 0.347 e. The minimum absolute atomic E-state index is 0.0596. The summed E-state index contributed by atoms with van der Waals surface area (Å²) in [5.74, 6) is -0.730. The number of ether oxygens (including phenoxy) is 1. The first-order valence-corrected chi connectivity index (χ1v) is 11.2. The molecule has 1 aliphatic rings. The van der Waals surface area contributed by atoms with Gasteiger partial charge in [0.05, 0.1) is 18.0 Å². The van der Waals surface area contributed by atoms with Gasteiger partial charge in [-0.2, -0.15) is 0 Å². The van der Waals surface area contributed by atoms with Crippen LogP contribution in [0.5, 0.6) is 5.75 Å². The normalized spacial score (nSPS) is 13.9. The van der Waals surface area contributed by atoms with E-state index in [1.54, 1.807) is 36.4 Å². The van der Waals surface area contributed by atoms with E-state index in [1.807, 2.05) is 50.2 Å². The molecule has 0 spiro atoms. The minimum Gasteiger partial charge on any atom is -0.423 e. The third-order valence-corrected chi connectivity index (χ3v) is 5.69. The van der Waals surface area contributed by atoms with E-state index in [0.717, 1.165) is 23.5 Å². The maximum absolute atomic E-state index is 13.1. The van der Waals surface area contributed by atoms with Gasteiger partial charge in [-0.15, -0.1) is 0 Å². The molecule has 6 heteroatoms. The van der Waals surface area contributed by atoms with Crippen LogP contribution in [0.15, 0.2) is 89.4 Å². The Morgan fingerprint density at radius 3 is 2.38 bits per heavy atom. The number of anilines is 1. The number of aliphatic hydroxyl groups is 1. The Labute approximate surface area is 198 Å². The van der Waals surface area contributed by atoms with E-state index < -0.39 is 5.97 Å². The Hall–Kier alpha value is -4.03. The lowest BCUT2D eigenvalue weighted by Gasteiger charge is -2.23. The topological polar surface area (TPSA) is 79.2 Å². The van der Waals surface area contributed by atoms with Crippen molar-refractivity contribution in [3.8, 4) is 5.75 Å². The SMILES string of the molecule is CCN(CCO)c1ccc(N=C2C=C(C(=O)Oc3ccccc3)C(=O)c3ccccc32)c(C)c1. The molecule has 6 nitrogen and oxygen atoms in total. The summed E-state index contributed by atoms with van der Waals surface area (Å²) in [6.07, 6.45) is 1.51. The van der Waals surface area contributed by atoms with Gasteiger partial charge in [0.1, 0.15) is 11.3 Å². The van der Waals surface area contributed by atoms with E-state index >= 15 is 0 Å². The summed E-state index contributed by atoms with van der Waals surface area (Å²) in [7, 11) is 0. The second-order valence-corrected chi connectivity index (χ2v) is 7.91. The number of nitrogens with zero attached hydrogens (tertiary/aromatic N) is 2. The van der Waals surface area contributed by atoms with E-state index in [9.17, 15) is 14.7 Å². The van der Waals surface area contributed by atoms with Gasteiger partial charge in [-0.3, -0.25) is 4.79 Å². The van der Waals surface area contributed by atoms with Crippen LogP contribution < -0.4 is 9.64 Å². The van der Waals surface area contributed by atoms with Gasteiger partial charge in [-0.05, 0) is 55.8 Å². The molecule has 1 N–H and O–H groups in total. The number of aliphatic imine (C=N–C) groups is 1. The molecule has 0 unspecified atom stereocenters. The Bertz CT molecular complexity index is 1280. The molecule has 0 fully saturated rings. The van der Waals surface area contributed by atoms with Gasteiger partial charge < -0.3 is 14.7 Å². The van der Waals surface area contributed by atoms with Crippen LogP contribution in [-0.2, 0) is 4.79 Å². The first-order valence-electron chi connectivity index (χ1n) is 11.2. The molecule has 4 rings (SSSR count). The van der Waals surface area contributed by atoms with Gasteiger partial charge in [0.15, 0.2) is 0 Å². The molecule has 0 bridgehead atoms. The van der Waals surface area contributed by atoms with E-state index in [4.69, 9.17) is 9.73 Å². The fourth-order valence-electron chi connectivity index (χ4n) is 3.91. The van der Waals surface area contributed by atoms with Gasteiger partial charge in [-0.25, -0.2) is 9.79 Å². The number of Topliss-reactive ketones (excluding diaryl/α,β-unsaturated/α-hetero) is 1. The molecule has 34 heavy (non-hydrogen) atoms. The van der Waals surface area contributed by atoms with Crippen LogP contribution in [0, 0.1) is 6.92 Å². The smallest absolute Gasteiger partial charge is 0.347 e. The van der Waals surface area contributed by atoms with E-state index in [-0.39, 0.29) is 18.0 Å². The molecule has 1 aliphatic carbocycles. The lowest BCUT2D eigenvalue weighted by Crippen LogP contribution is -2.26. The number of hydrogen-bond acceptors (Lipinski definition) is 6. The summed E-state index contributed by atoms with van der Waals surface area (Å²) in [6.45, 7) is 5.40. The Balaban J connectivity index is 1.73. The lowest BCUT2D eigenvalue weighted by atomic mass is 9.89. The van der Waals surface area contributed by atoms with E-state index in [1.165, 1.54) is 6.08 Å². The highest BCUT2D eigenvalue weighted by molar-refractivity contribution is 6.35. The molecule has 0 saturated heterocycles. The molecule has 0 heterocycles. The zero-order chi connectivity index (χ0) is 24.1. The van der Waals surface area contributed by atoms with Crippen molar-refractivity contribution in [2.24, 2.45) is 4.99 Å². The number of esters is 1. The Morgan fingerprint density at radius 2 is 1.71 bits per heavy atom. The average Bonchev–Trinajstić information content (AvgIpc) is 2.86. The first-order chi connectivity index (χ1) is 16.5. The van der Waals surface area contributed by atoms with Crippen LogP contribution in [0.3, 0.4) is 0 Å². The zero-order valence-electron chi connectivity index (χ0n) is 19.2. The molecule has 0 radical (unpaired) electrons. The summed E-state index contributed by atoms with van der Waals surface area (Å²) in [5, 5.41) is 9.31. The van der Waals surface area contributed by atoms with Crippen LogP contribution in [0.2, 0.25) is 0 Å². The number of aliphatic hydroxyl groups excluding tert-OH is 1. The van der Waals surface area contributed by atoms with Gasteiger partial charge in [0.2, 0.25) is 5.78 Å². The van der Waals surface area contributed by atoms with Gasteiger partial charge in [0.25, 0.3) is 0 Å². The molecule has 3 aromatic carbocycles. The maximum atomic E-state index is 13.1. The van der Waals surface area contributed by atoms with Crippen molar-refractivity contribution >= 4 is 28.8 Å². The summed E-state index contributed by atoms with van der Waals surface area (Å²) in [5.41, 5.74) is 4.22. The molecular formula is C28H26N2O4. The average molecular weight is 455 g/mol. The standard InChI is InChI=1S/C28H26N2O4/c1-3-30(15-16-31)20-13-14-25(19(2)17-20)29-26-18-24(27(32)23-12-8-7-11-22(23)26)28(33)34-21-9-5-4-6-10-21/h4-14,17-18,31H,3,15-16H2,1-2H3. The number of likely N-dealkylation sites (N-methyl/N-ethyl adjacent to an activating group) is 1. The highest BCUT2D eigenvalue weighted by Crippen LogP contribution is 2.29. The predicted molar refractivity (Wildman–Crippen MR) is 133 cm³/mol. The number of carbonyl (C=O) groups is 2. The number of para-hydroxylation sites is 1. The predicted octanol–water partition coefficient (Wildman–Crippen LogP) is 4.66. The molecule has 0 aliphatic heterocycles. The summed E-state index contributed by atoms with van der Waals surface area (Å²) < 4.78 is 5.43. The molecule has 0 aromatic heterocycles. The van der Waals surface area contributed by atoms with Gasteiger partial charge in [0, 0.05) is 29.9 Å². The molecule has 0 saturated carbocycles. The second-order valence-electron chi connectivity index (χ2n) is 7.91. The van der Waals surface area contributed by atoms with Crippen molar-refractivity contribution in [2.75, 3.05) is 24.6 Å². The monoisotopic (exact) mass is 454 g/mol. The fraction of sp³-hybridized carbons (Fsp3) is 0.179. The first kappa shape index (κ1) is 23.1. The molecule has 0 atom stereocenters.